The van der Waals surface area contributed by atoms with Crippen molar-refractivity contribution in [1.29, 1.82) is 0 Å². The van der Waals surface area contributed by atoms with Crippen molar-refractivity contribution in [3.8, 4) is 5.75 Å². The molecule has 0 aliphatic carbocycles. The molecule has 92 valence electrons. The number of hydrogen-bond acceptors (Lipinski definition) is 3. The number of carbonyl (C=O) groups is 1. The zero-order chi connectivity index (χ0) is 12.1. The van der Waals surface area contributed by atoms with Gasteiger partial charge in [-0.1, -0.05) is 12.1 Å². The fraction of sp³-hybridized carbons (Fsp3) is 0.500. The molecule has 0 atom stereocenters. The molecule has 0 amide bonds. The Morgan fingerprint density at radius 3 is 2.88 bits per heavy atom. The minimum Gasteiger partial charge on any atom is -0.493 e. The van der Waals surface area contributed by atoms with Crippen LogP contribution in [-0.2, 0) is 4.74 Å². The fourth-order valence-corrected chi connectivity index (χ4v) is 1.93. The van der Waals surface area contributed by atoms with E-state index in [-0.39, 0.29) is 5.78 Å². The molecule has 0 bridgehead atoms. The summed E-state index contributed by atoms with van der Waals surface area (Å²) in [5.41, 5.74) is 0.703. The molecule has 0 unspecified atom stereocenters. The molecule has 0 radical (unpaired) electrons. The highest BCUT2D eigenvalue weighted by atomic mass is 16.5. The van der Waals surface area contributed by atoms with Gasteiger partial charge in [0.15, 0.2) is 5.78 Å². The molecule has 0 N–H and O–H groups in total. The van der Waals surface area contributed by atoms with Gasteiger partial charge >= 0.3 is 0 Å². The maximum atomic E-state index is 11.2. The van der Waals surface area contributed by atoms with E-state index in [2.05, 4.69) is 0 Å². The second-order valence-electron chi connectivity index (χ2n) is 4.45. The summed E-state index contributed by atoms with van der Waals surface area (Å²) in [7, 11) is 0. The quantitative estimate of drug-likeness (QED) is 0.751. The monoisotopic (exact) mass is 234 g/mol. The van der Waals surface area contributed by atoms with E-state index in [0.717, 1.165) is 31.8 Å². The molecular weight excluding hydrogens is 216 g/mol. The third-order valence-electron chi connectivity index (χ3n) is 3.07. The van der Waals surface area contributed by atoms with Crippen LogP contribution in [0.5, 0.6) is 5.75 Å². The summed E-state index contributed by atoms with van der Waals surface area (Å²) in [5, 5.41) is 0. The van der Waals surface area contributed by atoms with Crippen molar-refractivity contribution in [2.24, 2.45) is 5.92 Å². The SMILES string of the molecule is CC(=O)c1cccc(OCC2CCOCC2)c1. The van der Waals surface area contributed by atoms with Gasteiger partial charge in [-0.2, -0.15) is 0 Å². The lowest BCUT2D eigenvalue weighted by Crippen LogP contribution is -2.21. The Morgan fingerprint density at radius 1 is 1.41 bits per heavy atom. The maximum Gasteiger partial charge on any atom is 0.159 e. The predicted octanol–water partition coefficient (Wildman–Crippen LogP) is 2.69. The summed E-state index contributed by atoms with van der Waals surface area (Å²) in [6.45, 7) is 3.95. The zero-order valence-electron chi connectivity index (χ0n) is 10.1. The van der Waals surface area contributed by atoms with Gasteiger partial charge in [-0.3, -0.25) is 4.79 Å². The fourth-order valence-electron chi connectivity index (χ4n) is 1.93. The maximum absolute atomic E-state index is 11.2. The second kappa shape index (κ2) is 5.82. The number of rotatable bonds is 4. The van der Waals surface area contributed by atoms with Crippen LogP contribution in [0.1, 0.15) is 30.1 Å². The summed E-state index contributed by atoms with van der Waals surface area (Å²) < 4.78 is 11.0. The van der Waals surface area contributed by atoms with Gasteiger partial charge in [0.25, 0.3) is 0 Å². The summed E-state index contributed by atoms with van der Waals surface area (Å²) in [4.78, 5) is 11.2. The van der Waals surface area contributed by atoms with Gasteiger partial charge in [0, 0.05) is 18.8 Å². The average molecular weight is 234 g/mol. The van der Waals surface area contributed by atoms with E-state index < -0.39 is 0 Å². The lowest BCUT2D eigenvalue weighted by molar-refractivity contribution is 0.0497. The van der Waals surface area contributed by atoms with Crippen molar-refractivity contribution in [2.45, 2.75) is 19.8 Å². The first-order chi connectivity index (χ1) is 8.25. The lowest BCUT2D eigenvalue weighted by Gasteiger charge is -2.22. The summed E-state index contributed by atoms with van der Waals surface area (Å²) in [5.74, 6) is 1.43. The molecule has 1 aliphatic rings. The Kier molecular flexibility index (Phi) is 4.15. The molecule has 0 aromatic heterocycles. The van der Waals surface area contributed by atoms with E-state index in [1.165, 1.54) is 0 Å². The third-order valence-corrected chi connectivity index (χ3v) is 3.07. The molecule has 2 rings (SSSR count). The minimum absolute atomic E-state index is 0.0708. The van der Waals surface area contributed by atoms with Crippen LogP contribution in [0, 0.1) is 5.92 Å². The Balaban J connectivity index is 1.89. The van der Waals surface area contributed by atoms with E-state index in [1.54, 1.807) is 6.92 Å². The van der Waals surface area contributed by atoms with Crippen LogP contribution < -0.4 is 4.74 Å². The smallest absolute Gasteiger partial charge is 0.159 e. The molecule has 1 heterocycles. The van der Waals surface area contributed by atoms with Gasteiger partial charge in [-0.25, -0.2) is 0 Å². The van der Waals surface area contributed by atoms with E-state index in [9.17, 15) is 4.79 Å². The molecule has 1 aromatic rings. The van der Waals surface area contributed by atoms with E-state index in [0.29, 0.717) is 18.1 Å². The van der Waals surface area contributed by atoms with Crippen molar-refractivity contribution in [1.82, 2.24) is 0 Å². The molecule has 3 nitrogen and oxygen atoms in total. The predicted molar refractivity (Wildman–Crippen MR) is 65.5 cm³/mol. The van der Waals surface area contributed by atoms with Gasteiger partial charge in [0.2, 0.25) is 0 Å². The lowest BCUT2D eigenvalue weighted by atomic mass is 10.0. The Bertz CT molecular complexity index is 381. The van der Waals surface area contributed by atoms with Crippen molar-refractivity contribution in [3.05, 3.63) is 29.8 Å². The first kappa shape index (κ1) is 12.1. The number of hydrogen-bond donors (Lipinski definition) is 0. The highest BCUT2D eigenvalue weighted by molar-refractivity contribution is 5.94. The number of Topliss-reactive ketones (excluding diaryl/α,β-unsaturated/α-hetero) is 1. The summed E-state index contributed by atoms with van der Waals surface area (Å²) in [6.07, 6.45) is 2.12. The number of benzene rings is 1. The van der Waals surface area contributed by atoms with Crippen LogP contribution in [0.3, 0.4) is 0 Å². The normalized spacial score (nSPS) is 16.8. The van der Waals surface area contributed by atoms with Crippen molar-refractivity contribution in [2.75, 3.05) is 19.8 Å². The molecule has 0 spiro atoms. The highest BCUT2D eigenvalue weighted by Gasteiger charge is 2.14. The van der Waals surface area contributed by atoms with Gasteiger partial charge in [0.1, 0.15) is 5.75 Å². The van der Waals surface area contributed by atoms with Crippen molar-refractivity contribution in [3.63, 3.8) is 0 Å². The Labute approximate surface area is 102 Å². The number of ether oxygens (including phenoxy) is 2. The number of carbonyl (C=O) groups excluding carboxylic acids is 1. The molecule has 1 saturated heterocycles. The van der Waals surface area contributed by atoms with Crippen LogP contribution in [-0.4, -0.2) is 25.6 Å². The van der Waals surface area contributed by atoms with Gasteiger partial charge in [-0.15, -0.1) is 0 Å². The largest absolute Gasteiger partial charge is 0.493 e. The molecule has 1 aliphatic heterocycles. The third kappa shape index (κ3) is 3.56. The zero-order valence-corrected chi connectivity index (χ0v) is 10.1. The van der Waals surface area contributed by atoms with Crippen LogP contribution >= 0.6 is 0 Å². The van der Waals surface area contributed by atoms with Gasteiger partial charge < -0.3 is 9.47 Å². The van der Waals surface area contributed by atoms with E-state index in [4.69, 9.17) is 9.47 Å². The highest BCUT2D eigenvalue weighted by Crippen LogP contribution is 2.18. The molecule has 1 fully saturated rings. The van der Waals surface area contributed by atoms with Crippen molar-refractivity contribution < 1.29 is 14.3 Å². The molecule has 1 aromatic carbocycles. The van der Waals surface area contributed by atoms with Crippen molar-refractivity contribution >= 4 is 5.78 Å². The topological polar surface area (TPSA) is 35.5 Å². The van der Waals surface area contributed by atoms with E-state index >= 15 is 0 Å². The first-order valence-electron chi connectivity index (χ1n) is 6.07. The van der Waals surface area contributed by atoms with Gasteiger partial charge in [0.05, 0.1) is 6.61 Å². The van der Waals surface area contributed by atoms with Crippen LogP contribution in [0.2, 0.25) is 0 Å². The molecular formula is C14H18O3. The van der Waals surface area contributed by atoms with Gasteiger partial charge in [-0.05, 0) is 37.8 Å². The van der Waals surface area contributed by atoms with Crippen LogP contribution in [0.15, 0.2) is 24.3 Å². The molecule has 0 saturated carbocycles. The standard InChI is InChI=1S/C14H18O3/c1-11(15)13-3-2-4-14(9-13)17-10-12-5-7-16-8-6-12/h2-4,9,12H,5-8,10H2,1H3. The average Bonchev–Trinajstić information content (AvgIpc) is 2.38. The summed E-state index contributed by atoms with van der Waals surface area (Å²) in [6, 6.07) is 7.37. The first-order valence-corrected chi connectivity index (χ1v) is 6.07. The second-order valence-corrected chi connectivity index (χ2v) is 4.45. The van der Waals surface area contributed by atoms with Crippen LogP contribution in [0.25, 0.3) is 0 Å². The minimum atomic E-state index is 0.0708. The number of ketones is 1. The van der Waals surface area contributed by atoms with Crippen LogP contribution in [0.4, 0.5) is 0 Å². The Morgan fingerprint density at radius 2 is 2.18 bits per heavy atom. The molecule has 17 heavy (non-hydrogen) atoms. The summed E-state index contributed by atoms with van der Waals surface area (Å²) >= 11 is 0. The Hall–Kier alpha value is -1.35. The molecule has 3 heteroatoms. The van der Waals surface area contributed by atoms with E-state index in [1.807, 2.05) is 24.3 Å².